The van der Waals surface area contributed by atoms with E-state index in [0.717, 1.165) is 12.8 Å². The summed E-state index contributed by atoms with van der Waals surface area (Å²) in [6, 6.07) is 0. The summed E-state index contributed by atoms with van der Waals surface area (Å²) in [5, 5.41) is 0. The van der Waals surface area contributed by atoms with Gasteiger partial charge in [-0.3, -0.25) is 0 Å². The van der Waals surface area contributed by atoms with Gasteiger partial charge in [-0.15, -0.1) is 0 Å². The molecule has 0 rings (SSSR count). The summed E-state index contributed by atoms with van der Waals surface area (Å²) in [6.07, 6.45) is 1.80. The van der Waals surface area contributed by atoms with Crippen molar-refractivity contribution in [2.75, 3.05) is 52.6 Å². The lowest BCUT2D eigenvalue weighted by atomic mass is 10.5. The average Bonchev–Trinajstić information content (AvgIpc) is 2.40. The molecule has 0 aliphatic rings. The molecule has 0 aliphatic carbocycles. The van der Waals surface area contributed by atoms with Gasteiger partial charge in [-0.25, -0.2) is 0 Å². The van der Waals surface area contributed by atoms with E-state index in [-0.39, 0.29) is 0 Å². The molecule has 0 saturated carbocycles. The smallest absolute Gasteiger partial charge is 0.331 e. The third-order valence-electron chi connectivity index (χ3n) is 2.12. The van der Waals surface area contributed by atoms with Crippen LogP contribution in [0.5, 0.6) is 0 Å². The summed E-state index contributed by atoms with van der Waals surface area (Å²) >= 11 is 0. The Hall–Kier alpha value is -0.0631. The maximum atomic E-state index is 5.61. The molecule has 0 amide bonds. The highest BCUT2D eigenvalue weighted by Gasteiger charge is 2.23. The molecule has 124 valence electrons. The summed E-state index contributed by atoms with van der Waals surface area (Å²) in [4.78, 5) is 0. The Kier molecular flexibility index (Phi) is 18.9. The van der Waals surface area contributed by atoms with Gasteiger partial charge in [0.15, 0.2) is 0 Å². The second kappa shape index (κ2) is 17.0. The van der Waals surface area contributed by atoms with Gasteiger partial charge in [0.25, 0.3) is 0 Å². The number of ether oxygens (including phenoxy) is 1. The first kappa shape index (κ1) is 22.2. The second-order valence-corrected chi connectivity index (χ2v) is 7.95. The fourth-order valence-corrected chi connectivity index (χ4v) is 2.47. The Balaban J connectivity index is 0. The predicted molar refractivity (Wildman–Crippen MR) is 85.7 cm³/mol. The van der Waals surface area contributed by atoms with Crippen LogP contribution in [0.3, 0.4) is 0 Å². The highest BCUT2D eigenvalue weighted by Crippen LogP contribution is 2.06. The van der Waals surface area contributed by atoms with E-state index in [1.165, 1.54) is 0 Å². The van der Waals surface area contributed by atoms with E-state index in [2.05, 4.69) is 0 Å². The minimum absolute atomic E-state index is 0.583. The Morgan fingerprint density at radius 2 is 1.05 bits per heavy atom. The van der Waals surface area contributed by atoms with Gasteiger partial charge in [-0.05, 0) is 39.0 Å². The van der Waals surface area contributed by atoms with Crippen molar-refractivity contribution in [2.45, 2.75) is 25.9 Å². The molecule has 0 aromatic heterocycles. The molecular formula is C12H34N4O3Si. The summed E-state index contributed by atoms with van der Waals surface area (Å²) < 4.78 is 16.1. The quantitative estimate of drug-likeness (QED) is 0.278. The van der Waals surface area contributed by atoms with E-state index in [0.29, 0.717) is 52.6 Å². The maximum absolute atomic E-state index is 5.61. The number of hydrogen-bond acceptors (Lipinski definition) is 7. The van der Waals surface area contributed by atoms with E-state index in [9.17, 15) is 0 Å². The van der Waals surface area contributed by atoms with Crippen LogP contribution in [0.4, 0.5) is 0 Å². The first-order valence-corrected chi connectivity index (χ1v) is 10.0. The Bertz CT molecular complexity index is 172. The third-order valence-corrected chi connectivity index (χ3v) is 3.92. The fraction of sp³-hybridized carbons (Fsp3) is 1.00. The fourth-order valence-electron chi connectivity index (χ4n) is 1.11. The minimum Gasteiger partial charge on any atom is -0.394 e. The molecule has 20 heavy (non-hydrogen) atoms. The Morgan fingerprint density at radius 1 is 0.650 bits per heavy atom. The number of nitrogens with two attached hydrogens (primary N) is 4. The maximum Gasteiger partial charge on any atom is 0.331 e. The summed E-state index contributed by atoms with van der Waals surface area (Å²) in [5.41, 5.74) is 20.9. The van der Waals surface area contributed by atoms with Crippen molar-refractivity contribution in [3.8, 4) is 0 Å². The second-order valence-electron chi connectivity index (χ2n) is 4.57. The van der Waals surface area contributed by atoms with E-state index in [4.69, 9.17) is 36.5 Å². The van der Waals surface area contributed by atoms with Crippen LogP contribution < -0.4 is 22.9 Å². The molecule has 0 unspecified atom stereocenters. The van der Waals surface area contributed by atoms with Crippen LogP contribution >= 0.6 is 0 Å². The zero-order valence-corrected chi connectivity index (χ0v) is 14.1. The molecular weight excluding hydrogens is 276 g/mol. The molecule has 0 aromatic carbocycles. The summed E-state index contributed by atoms with van der Waals surface area (Å²) in [5.74, 6) is 0. The van der Waals surface area contributed by atoms with E-state index in [1.807, 2.05) is 13.1 Å². The van der Waals surface area contributed by atoms with Crippen molar-refractivity contribution >= 4 is 8.56 Å². The zero-order valence-electron chi connectivity index (χ0n) is 13.1. The normalized spacial score (nSPS) is 11.1. The van der Waals surface area contributed by atoms with Crippen LogP contribution in [0.25, 0.3) is 0 Å². The lowest BCUT2D eigenvalue weighted by Crippen LogP contribution is -2.36. The highest BCUT2D eigenvalue weighted by atomic mass is 28.4. The van der Waals surface area contributed by atoms with E-state index < -0.39 is 8.56 Å². The van der Waals surface area contributed by atoms with Crippen LogP contribution in [0.15, 0.2) is 0 Å². The van der Waals surface area contributed by atoms with Crippen LogP contribution in [0, 0.1) is 0 Å². The molecule has 0 aromatic rings. The van der Waals surface area contributed by atoms with Gasteiger partial charge in [0, 0.05) is 26.3 Å². The lowest BCUT2D eigenvalue weighted by molar-refractivity contribution is 0.149. The Labute approximate surface area is 124 Å². The van der Waals surface area contributed by atoms with Crippen LogP contribution in [0.1, 0.15) is 12.8 Å². The van der Waals surface area contributed by atoms with Crippen molar-refractivity contribution < 1.29 is 13.6 Å². The van der Waals surface area contributed by atoms with E-state index in [1.54, 1.807) is 0 Å². The number of rotatable bonds is 12. The van der Waals surface area contributed by atoms with Gasteiger partial charge < -0.3 is 36.5 Å². The van der Waals surface area contributed by atoms with Gasteiger partial charge >= 0.3 is 8.56 Å². The molecule has 0 heterocycles. The van der Waals surface area contributed by atoms with Gasteiger partial charge in [-0.2, -0.15) is 0 Å². The van der Waals surface area contributed by atoms with Crippen molar-refractivity contribution in [3.05, 3.63) is 0 Å². The number of hydrogen-bond donors (Lipinski definition) is 4. The minimum atomic E-state index is -1.89. The van der Waals surface area contributed by atoms with Crippen LogP contribution in [0.2, 0.25) is 13.1 Å². The molecule has 7 nitrogen and oxygen atoms in total. The highest BCUT2D eigenvalue weighted by molar-refractivity contribution is 6.64. The van der Waals surface area contributed by atoms with Gasteiger partial charge in [0.1, 0.15) is 0 Å². The first-order chi connectivity index (χ1) is 9.54. The molecule has 0 fully saturated rings. The third kappa shape index (κ3) is 20.3. The van der Waals surface area contributed by atoms with Crippen LogP contribution in [-0.2, 0) is 13.6 Å². The topological polar surface area (TPSA) is 132 Å². The Morgan fingerprint density at radius 3 is 1.35 bits per heavy atom. The van der Waals surface area contributed by atoms with Crippen LogP contribution in [-0.4, -0.2) is 61.2 Å². The van der Waals surface area contributed by atoms with Crippen molar-refractivity contribution in [1.29, 1.82) is 0 Å². The van der Waals surface area contributed by atoms with Gasteiger partial charge in [0.05, 0.1) is 13.2 Å². The average molecular weight is 311 g/mol. The lowest BCUT2D eigenvalue weighted by Gasteiger charge is -2.22. The van der Waals surface area contributed by atoms with E-state index >= 15 is 0 Å². The molecule has 0 spiro atoms. The molecule has 0 saturated heterocycles. The SMILES string of the molecule is C[Si](C)(OCCCN)OCCCN.NCCOCCN. The molecule has 0 atom stereocenters. The zero-order chi connectivity index (χ0) is 15.7. The molecule has 8 heteroatoms. The first-order valence-electron chi connectivity index (χ1n) is 7.20. The van der Waals surface area contributed by atoms with Gasteiger partial charge in [0.2, 0.25) is 0 Å². The monoisotopic (exact) mass is 310 g/mol. The largest absolute Gasteiger partial charge is 0.394 e. The van der Waals surface area contributed by atoms with Crippen molar-refractivity contribution in [1.82, 2.24) is 0 Å². The van der Waals surface area contributed by atoms with Crippen molar-refractivity contribution in [2.24, 2.45) is 22.9 Å². The molecule has 0 aliphatic heterocycles. The van der Waals surface area contributed by atoms with Gasteiger partial charge in [-0.1, -0.05) is 0 Å². The summed E-state index contributed by atoms with van der Waals surface area (Å²) in [6.45, 7) is 9.26. The standard InChI is InChI=1S/C8H22N2O2Si.C4H12N2O/c1-13(2,11-7-3-5-9)12-8-4-6-10;5-1-3-7-4-2-6/h3-10H2,1-2H3;1-6H2. The molecule has 8 N–H and O–H groups in total. The molecule has 0 bridgehead atoms. The predicted octanol–water partition coefficient (Wildman–Crippen LogP) is -0.661. The summed E-state index contributed by atoms with van der Waals surface area (Å²) in [7, 11) is -1.89. The molecule has 0 radical (unpaired) electrons. The van der Waals surface area contributed by atoms with Crippen molar-refractivity contribution in [3.63, 3.8) is 0 Å².